The lowest BCUT2D eigenvalue weighted by atomic mass is 10.0. The van der Waals surface area contributed by atoms with E-state index >= 15 is 0 Å². The highest BCUT2D eigenvalue weighted by Crippen LogP contribution is 2.26. The Labute approximate surface area is 121 Å². The lowest BCUT2D eigenvalue weighted by Gasteiger charge is -2.22. The summed E-state index contributed by atoms with van der Waals surface area (Å²) >= 11 is 0. The number of hydrogen-bond donors (Lipinski definition) is 1. The molecule has 108 valence electrons. The van der Waals surface area contributed by atoms with Crippen LogP contribution in [-0.2, 0) is 6.42 Å². The van der Waals surface area contributed by atoms with Crippen LogP contribution in [0.15, 0.2) is 24.3 Å². The quantitative estimate of drug-likeness (QED) is 0.928. The van der Waals surface area contributed by atoms with E-state index in [1.165, 1.54) is 5.56 Å². The van der Waals surface area contributed by atoms with Gasteiger partial charge in [-0.15, -0.1) is 0 Å². The molecule has 0 spiro atoms. The number of fused-ring (bicyclic) bond motifs is 1. The summed E-state index contributed by atoms with van der Waals surface area (Å²) < 4.78 is 5.94. The molecule has 0 radical (unpaired) electrons. The molecule has 20 heavy (non-hydrogen) atoms. The minimum Gasteiger partial charge on any atom is -0.488 e. The number of rotatable bonds is 3. The Morgan fingerprint density at radius 2 is 1.95 bits per heavy atom. The summed E-state index contributed by atoms with van der Waals surface area (Å²) in [6.07, 6.45) is 0.846. The van der Waals surface area contributed by atoms with Crippen LogP contribution in [-0.4, -0.2) is 16.6 Å². The van der Waals surface area contributed by atoms with Gasteiger partial charge < -0.3 is 10.5 Å². The minimum atomic E-state index is -0.201. The van der Waals surface area contributed by atoms with E-state index in [4.69, 9.17) is 10.5 Å². The fourth-order valence-corrected chi connectivity index (χ4v) is 2.35. The normalized spacial score (nSPS) is 13.5. The third kappa shape index (κ3) is 3.70. The van der Waals surface area contributed by atoms with E-state index < -0.39 is 0 Å². The highest BCUT2D eigenvalue weighted by molar-refractivity contribution is 5.84. The van der Waals surface area contributed by atoms with Gasteiger partial charge in [0.15, 0.2) is 0 Å². The van der Waals surface area contributed by atoms with E-state index in [2.05, 4.69) is 17.1 Å². The van der Waals surface area contributed by atoms with Crippen LogP contribution in [0.25, 0.3) is 10.9 Å². The summed E-state index contributed by atoms with van der Waals surface area (Å²) in [5.74, 6) is 0.876. The van der Waals surface area contributed by atoms with Crippen LogP contribution in [0.2, 0.25) is 0 Å². The van der Waals surface area contributed by atoms with Crippen molar-refractivity contribution in [2.45, 2.75) is 52.7 Å². The van der Waals surface area contributed by atoms with Crippen molar-refractivity contribution in [3.8, 4) is 5.75 Å². The van der Waals surface area contributed by atoms with Gasteiger partial charge in [-0.3, -0.25) is 4.98 Å². The average molecular weight is 272 g/mol. The molecule has 1 aromatic heterocycles. The summed E-state index contributed by atoms with van der Waals surface area (Å²) in [5, 5.41) is 1.13. The predicted octanol–water partition coefficient (Wildman–Crippen LogP) is 3.61. The Bertz CT molecular complexity index is 612. The number of hydrogen-bond acceptors (Lipinski definition) is 3. The van der Waals surface area contributed by atoms with Gasteiger partial charge >= 0.3 is 0 Å². The second-order valence-electron chi connectivity index (χ2n) is 6.50. The lowest BCUT2D eigenvalue weighted by molar-refractivity contribution is 0.131. The third-order valence-electron chi connectivity index (χ3n) is 2.96. The number of benzene rings is 1. The maximum Gasteiger partial charge on any atom is 0.120 e. The molecule has 0 aliphatic heterocycles. The van der Waals surface area contributed by atoms with E-state index in [-0.39, 0.29) is 11.6 Å². The molecular weight excluding hydrogens is 248 g/mol. The van der Waals surface area contributed by atoms with E-state index in [1.54, 1.807) is 0 Å². The monoisotopic (exact) mass is 272 g/mol. The molecule has 1 aromatic carbocycles. The van der Waals surface area contributed by atoms with Crippen molar-refractivity contribution in [2.75, 3.05) is 0 Å². The Morgan fingerprint density at radius 3 is 2.55 bits per heavy atom. The number of aryl methyl sites for hydroxylation is 1. The smallest absolute Gasteiger partial charge is 0.120 e. The molecule has 1 atom stereocenters. The van der Waals surface area contributed by atoms with Gasteiger partial charge in [-0.1, -0.05) is 0 Å². The number of nitrogens with two attached hydrogens (primary N) is 1. The standard InChI is InChI=1S/C17H24N2O/c1-11(18)8-13-9-12(2)19-16-7-6-14(10-15(13)16)20-17(3,4)5/h6-7,9-11H,8,18H2,1-5H3. The third-order valence-corrected chi connectivity index (χ3v) is 2.96. The molecular formula is C17H24N2O. The van der Waals surface area contributed by atoms with Gasteiger partial charge in [0.1, 0.15) is 11.4 Å². The molecule has 0 fully saturated rings. The molecule has 0 saturated heterocycles. The highest BCUT2D eigenvalue weighted by atomic mass is 16.5. The summed E-state index contributed by atoms with van der Waals surface area (Å²) in [5.41, 5.74) is 9.02. The maximum absolute atomic E-state index is 5.95. The van der Waals surface area contributed by atoms with Crippen LogP contribution >= 0.6 is 0 Å². The molecule has 2 N–H and O–H groups in total. The van der Waals surface area contributed by atoms with Gasteiger partial charge in [-0.2, -0.15) is 0 Å². The Hall–Kier alpha value is -1.61. The number of aromatic nitrogens is 1. The van der Waals surface area contributed by atoms with Gasteiger partial charge in [0.05, 0.1) is 5.52 Å². The molecule has 0 saturated carbocycles. The first-order chi connectivity index (χ1) is 9.24. The Morgan fingerprint density at radius 1 is 1.25 bits per heavy atom. The van der Waals surface area contributed by atoms with E-state index in [0.29, 0.717) is 0 Å². The summed E-state index contributed by atoms with van der Waals surface area (Å²) in [4.78, 5) is 4.58. The molecule has 2 rings (SSSR count). The molecule has 3 heteroatoms. The van der Waals surface area contributed by atoms with Crippen LogP contribution in [0.3, 0.4) is 0 Å². The van der Waals surface area contributed by atoms with Crippen molar-refractivity contribution >= 4 is 10.9 Å². The summed E-state index contributed by atoms with van der Waals surface area (Å²) in [6, 6.07) is 8.33. The molecule has 0 amide bonds. The molecule has 0 aliphatic rings. The average Bonchev–Trinajstić information content (AvgIpc) is 2.27. The van der Waals surface area contributed by atoms with Crippen LogP contribution < -0.4 is 10.5 Å². The van der Waals surface area contributed by atoms with Crippen LogP contribution in [0.5, 0.6) is 5.75 Å². The van der Waals surface area contributed by atoms with E-state index in [9.17, 15) is 0 Å². The first kappa shape index (κ1) is 14.8. The molecule has 3 nitrogen and oxygen atoms in total. The van der Waals surface area contributed by atoms with Crippen molar-refractivity contribution in [2.24, 2.45) is 5.73 Å². The highest BCUT2D eigenvalue weighted by Gasteiger charge is 2.13. The lowest BCUT2D eigenvalue weighted by Crippen LogP contribution is -2.23. The van der Waals surface area contributed by atoms with Crippen molar-refractivity contribution in [3.63, 3.8) is 0 Å². The number of pyridine rings is 1. The maximum atomic E-state index is 5.95. The zero-order chi connectivity index (χ0) is 14.9. The van der Waals surface area contributed by atoms with Crippen molar-refractivity contribution in [1.29, 1.82) is 0 Å². The largest absolute Gasteiger partial charge is 0.488 e. The zero-order valence-electron chi connectivity index (χ0n) is 13.0. The SMILES string of the molecule is Cc1cc(CC(C)N)c2cc(OC(C)(C)C)ccc2n1. The van der Waals surface area contributed by atoms with Gasteiger partial charge in [-0.25, -0.2) is 0 Å². The second-order valence-corrected chi connectivity index (χ2v) is 6.50. The molecule has 2 aromatic rings. The molecule has 0 bridgehead atoms. The van der Waals surface area contributed by atoms with Crippen molar-refractivity contribution < 1.29 is 4.74 Å². The van der Waals surface area contributed by atoms with Gasteiger partial charge in [0.2, 0.25) is 0 Å². The van der Waals surface area contributed by atoms with Crippen LogP contribution in [0, 0.1) is 6.92 Å². The predicted molar refractivity (Wildman–Crippen MR) is 84.2 cm³/mol. The number of nitrogens with zero attached hydrogens (tertiary/aromatic N) is 1. The first-order valence-electron chi connectivity index (χ1n) is 7.09. The molecule has 1 unspecified atom stereocenters. The zero-order valence-corrected chi connectivity index (χ0v) is 13.0. The Balaban J connectivity index is 2.51. The first-order valence-corrected chi connectivity index (χ1v) is 7.09. The van der Waals surface area contributed by atoms with Gasteiger partial charge in [0, 0.05) is 17.1 Å². The van der Waals surface area contributed by atoms with E-state index in [0.717, 1.165) is 28.8 Å². The van der Waals surface area contributed by atoms with Crippen molar-refractivity contribution in [3.05, 3.63) is 35.5 Å². The molecule has 1 heterocycles. The van der Waals surface area contributed by atoms with Crippen LogP contribution in [0.1, 0.15) is 39.0 Å². The van der Waals surface area contributed by atoms with Gasteiger partial charge in [0.25, 0.3) is 0 Å². The molecule has 0 aliphatic carbocycles. The second kappa shape index (κ2) is 5.41. The minimum absolute atomic E-state index is 0.132. The number of ether oxygens (including phenoxy) is 1. The fourth-order valence-electron chi connectivity index (χ4n) is 2.35. The summed E-state index contributed by atoms with van der Waals surface area (Å²) in [6.45, 7) is 10.2. The topological polar surface area (TPSA) is 48.1 Å². The van der Waals surface area contributed by atoms with Crippen LogP contribution in [0.4, 0.5) is 0 Å². The van der Waals surface area contributed by atoms with Gasteiger partial charge in [-0.05, 0) is 70.9 Å². The fraction of sp³-hybridized carbons (Fsp3) is 0.471. The van der Waals surface area contributed by atoms with E-state index in [1.807, 2.05) is 46.8 Å². The van der Waals surface area contributed by atoms with Crippen molar-refractivity contribution in [1.82, 2.24) is 4.98 Å². The summed E-state index contributed by atoms with van der Waals surface area (Å²) in [7, 11) is 0. The Kier molecular flexibility index (Phi) is 4.00.